The molecule has 2 aromatic carbocycles. The van der Waals surface area contributed by atoms with Gasteiger partial charge in [-0.25, -0.2) is 4.79 Å². The van der Waals surface area contributed by atoms with Crippen molar-refractivity contribution in [3.05, 3.63) is 65.7 Å². The first-order valence-electron chi connectivity index (χ1n) is 10.6. The van der Waals surface area contributed by atoms with E-state index in [0.29, 0.717) is 30.6 Å². The molecule has 4 heteroatoms. The molecule has 1 saturated heterocycles. The first-order valence-corrected chi connectivity index (χ1v) is 10.6. The Labute approximate surface area is 172 Å². The van der Waals surface area contributed by atoms with Gasteiger partial charge in [0.25, 0.3) is 0 Å². The maximum absolute atomic E-state index is 12.6. The topological polar surface area (TPSA) is 44.8 Å². The van der Waals surface area contributed by atoms with Crippen LogP contribution < -0.4 is 4.74 Å². The van der Waals surface area contributed by atoms with E-state index >= 15 is 0 Å². The van der Waals surface area contributed by atoms with Gasteiger partial charge in [0, 0.05) is 16.9 Å². The van der Waals surface area contributed by atoms with Crippen molar-refractivity contribution in [1.29, 1.82) is 0 Å². The Morgan fingerprint density at radius 2 is 1.83 bits per heavy atom. The normalized spacial score (nSPS) is 37.2. The second-order valence-corrected chi connectivity index (χ2v) is 9.28. The summed E-state index contributed by atoms with van der Waals surface area (Å²) >= 11 is 0. The molecule has 3 aliphatic rings. The van der Waals surface area contributed by atoms with E-state index in [9.17, 15) is 4.79 Å². The number of carbonyl (C=O) groups is 1. The predicted octanol–water partition coefficient (Wildman–Crippen LogP) is 5.04. The van der Waals surface area contributed by atoms with Crippen molar-refractivity contribution in [3.63, 3.8) is 0 Å². The van der Waals surface area contributed by atoms with Gasteiger partial charge in [0.05, 0.1) is 24.9 Å². The van der Waals surface area contributed by atoms with Crippen LogP contribution in [-0.2, 0) is 9.47 Å². The van der Waals surface area contributed by atoms with Crippen LogP contribution in [0.3, 0.4) is 0 Å². The molecule has 0 radical (unpaired) electrons. The molecule has 29 heavy (non-hydrogen) atoms. The molecule has 0 amide bonds. The Hall–Kier alpha value is -2.33. The molecule has 2 bridgehead atoms. The summed E-state index contributed by atoms with van der Waals surface area (Å²) in [5.74, 6) is 1.54. The fourth-order valence-corrected chi connectivity index (χ4v) is 6.11. The number of benzene rings is 2. The lowest BCUT2D eigenvalue weighted by molar-refractivity contribution is -0.259. The molecule has 152 valence electrons. The molecule has 2 aliphatic heterocycles. The SMILES string of the molecule is C[C@@H]1C[C@]2(C)Oc3ccccc3[C@@H]3OC[C@@]1(COC(=O)c1ccccc1)[C@@H](C)[C@H]32. The fourth-order valence-electron chi connectivity index (χ4n) is 6.11. The van der Waals surface area contributed by atoms with Crippen LogP contribution >= 0.6 is 0 Å². The summed E-state index contributed by atoms with van der Waals surface area (Å²) in [7, 11) is 0. The highest BCUT2D eigenvalue weighted by Crippen LogP contribution is 2.63. The van der Waals surface area contributed by atoms with Gasteiger partial charge in [-0.15, -0.1) is 0 Å². The van der Waals surface area contributed by atoms with E-state index in [2.05, 4.69) is 26.8 Å². The van der Waals surface area contributed by atoms with Crippen LogP contribution in [0.5, 0.6) is 5.75 Å². The van der Waals surface area contributed by atoms with E-state index in [-0.39, 0.29) is 29.0 Å². The van der Waals surface area contributed by atoms with E-state index in [1.165, 1.54) is 0 Å². The first kappa shape index (κ1) is 18.7. The third-order valence-corrected chi connectivity index (χ3v) is 7.75. The van der Waals surface area contributed by atoms with Crippen LogP contribution in [0.1, 0.15) is 49.2 Å². The number of ether oxygens (including phenoxy) is 3. The molecule has 0 unspecified atom stereocenters. The van der Waals surface area contributed by atoms with Gasteiger partial charge in [0.2, 0.25) is 0 Å². The first-order chi connectivity index (χ1) is 13.9. The molecule has 0 aromatic heterocycles. The number of hydrogen-bond acceptors (Lipinski definition) is 4. The average Bonchev–Trinajstić information content (AvgIpc) is 2.72. The quantitative estimate of drug-likeness (QED) is 0.686. The summed E-state index contributed by atoms with van der Waals surface area (Å²) in [6.45, 7) is 7.75. The van der Waals surface area contributed by atoms with Gasteiger partial charge in [0.15, 0.2) is 0 Å². The molecule has 0 spiro atoms. The smallest absolute Gasteiger partial charge is 0.338 e. The van der Waals surface area contributed by atoms with Crippen molar-refractivity contribution in [3.8, 4) is 5.75 Å². The third kappa shape index (κ3) is 2.72. The van der Waals surface area contributed by atoms with E-state index in [1.54, 1.807) is 12.1 Å². The van der Waals surface area contributed by atoms with Crippen LogP contribution in [0.4, 0.5) is 0 Å². The molecule has 4 nitrogen and oxygen atoms in total. The minimum atomic E-state index is -0.273. The highest BCUT2D eigenvalue weighted by molar-refractivity contribution is 5.89. The van der Waals surface area contributed by atoms with E-state index in [0.717, 1.165) is 17.7 Å². The maximum atomic E-state index is 12.6. The van der Waals surface area contributed by atoms with Gasteiger partial charge in [-0.05, 0) is 43.4 Å². The maximum Gasteiger partial charge on any atom is 0.338 e. The lowest BCUT2D eigenvalue weighted by Gasteiger charge is -2.63. The van der Waals surface area contributed by atoms with Gasteiger partial charge >= 0.3 is 5.97 Å². The number of rotatable bonds is 3. The van der Waals surface area contributed by atoms with Crippen molar-refractivity contribution in [2.45, 2.75) is 38.9 Å². The van der Waals surface area contributed by atoms with Crippen LogP contribution in [0.15, 0.2) is 54.6 Å². The standard InChI is InChI=1S/C25H28O4/c1-16-13-24(3)21-17(2)25(16,15-28-23(26)18-9-5-4-6-10-18)14-27-22(21)19-11-7-8-12-20(19)29-24/h4-12,16-17,21-22H,13-15H2,1-3H3/t16-,17+,21-,22+,24+,25+/m1/s1. The lowest BCUT2D eigenvalue weighted by atomic mass is 9.50. The average molecular weight is 392 g/mol. The molecule has 1 saturated carbocycles. The Bertz CT molecular complexity index is 925. The Morgan fingerprint density at radius 3 is 2.62 bits per heavy atom. The zero-order valence-electron chi connectivity index (χ0n) is 17.3. The van der Waals surface area contributed by atoms with Crippen LogP contribution in [0.2, 0.25) is 0 Å². The van der Waals surface area contributed by atoms with Crippen LogP contribution in [-0.4, -0.2) is 24.8 Å². The second kappa shape index (κ2) is 6.60. The molecule has 5 rings (SSSR count). The van der Waals surface area contributed by atoms with Crippen molar-refractivity contribution in [1.82, 2.24) is 0 Å². The highest BCUT2D eigenvalue weighted by atomic mass is 16.5. The van der Waals surface area contributed by atoms with Crippen molar-refractivity contribution < 1.29 is 19.0 Å². The Balaban J connectivity index is 1.44. The number of fused-ring (bicyclic) bond motifs is 3. The zero-order chi connectivity index (χ0) is 20.2. The van der Waals surface area contributed by atoms with E-state index < -0.39 is 0 Å². The highest BCUT2D eigenvalue weighted by Gasteiger charge is 2.64. The van der Waals surface area contributed by atoms with Gasteiger partial charge in [-0.1, -0.05) is 50.2 Å². The second-order valence-electron chi connectivity index (χ2n) is 9.28. The van der Waals surface area contributed by atoms with Crippen molar-refractivity contribution in [2.24, 2.45) is 23.2 Å². The van der Waals surface area contributed by atoms with Crippen molar-refractivity contribution >= 4 is 5.97 Å². The number of hydrogen-bond donors (Lipinski definition) is 0. The zero-order valence-corrected chi connectivity index (χ0v) is 17.3. The monoisotopic (exact) mass is 392 g/mol. The van der Waals surface area contributed by atoms with Gasteiger partial charge < -0.3 is 14.2 Å². The summed E-state index contributed by atoms with van der Waals surface area (Å²) in [4.78, 5) is 12.6. The molecular weight excluding hydrogens is 364 g/mol. The molecule has 6 atom stereocenters. The van der Waals surface area contributed by atoms with Crippen LogP contribution in [0, 0.1) is 23.2 Å². The molecule has 0 N–H and O–H groups in total. The minimum Gasteiger partial charge on any atom is -0.487 e. The molecule has 2 heterocycles. The largest absolute Gasteiger partial charge is 0.487 e. The molecule has 2 aromatic rings. The number of carbonyl (C=O) groups excluding carboxylic acids is 1. The Kier molecular flexibility index (Phi) is 4.25. The summed E-state index contributed by atoms with van der Waals surface area (Å²) in [5.41, 5.74) is 1.27. The summed E-state index contributed by atoms with van der Waals surface area (Å²) in [6, 6.07) is 17.4. The molecule has 1 aliphatic carbocycles. The summed E-state index contributed by atoms with van der Waals surface area (Å²) in [6.07, 6.45) is 0.962. The minimum absolute atomic E-state index is 0.0328. The lowest BCUT2D eigenvalue weighted by Crippen LogP contribution is -2.66. The molecular formula is C25H28O4. The van der Waals surface area contributed by atoms with Gasteiger partial charge in [0.1, 0.15) is 11.4 Å². The van der Waals surface area contributed by atoms with Crippen LogP contribution in [0.25, 0.3) is 0 Å². The number of esters is 1. The summed E-state index contributed by atoms with van der Waals surface area (Å²) in [5, 5.41) is 0. The van der Waals surface area contributed by atoms with E-state index in [1.807, 2.05) is 36.4 Å². The van der Waals surface area contributed by atoms with Crippen molar-refractivity contribution in [2.75, 3.05) is 13.2 Å². The fraction of sp³-hybridized carbons (Fsp3) is 0.480. The predicted molar refractivity (Wildman–Crippen MR) is 110 cm³/mol. The van der Waals surface area contributed by atoms with E-state index in [4.69, 9.17) is 14.2 Å². The van der Waals surface area contributed by atoms with Gasteiger partial charge in [-0.2, -0.15) is 0 Å². The summed E-state index contributed by atoms with van der Waals surface area (Å²) < 4.78 is 18.9. The Morgan fingerprint density at radius 1 is 1.10 bits per heavy atom. The molecule has 2 fully saturated rings. The van der Waals surface area contributed by atoms with Gasteiger partial charge in [-0.3, -0.25) is 0 Å². The number of para-hydroxylation sites is 1. The third-order valence-electron chi connectivity index (χ3n) is 7.75.